The fourth-order valence-corrected chi connectivity index (χ4v) is 4.30. The number of rotatable bonds is 8. The van der Waals surface area contributed by atoms with Gasteiger partial charge in [-0.2, -0.15) is 0 Å². The van der Waals surface area contributed by atoms with Crippen molar-refractivity contribution >= 4 is 34.9 Å². The summed E-state index contributed by atoms with van der Waals surface area (Å²) in [6.07, 6.45) is 2.05. The number of carbonyl (C=O) groups excluding carboxylic acids is 1. The molecule has 35 heavy (non-hydrogen) atoms. The molecule has 1 saturated heterocycles. The number of ether oxygens (including phenoxy) is 2. The minimum absolute atomic E-state index is 0.0250. The van der Waals surface area contributed by atoms with Gasteiger partial charge in [0.1, 0.15) is 11.6 Å². The lowest BCUT2D eigenvalue weighted by atomic mass is 10.1. The van der Waals surface area contributed by atoms with Gasteiger partial charge in [-0.25, -0.2) is 9.37 Å². The van der Waals surface area contributed by atoms with Gasteiger partial charge in [0.05, 0.1) is 17.7 Å². The SMILES string of the molecule is Nc1ncc(-c2ccc(OCC(=O)N3CCC(O)C3)cc2)cc1OCCc1c(Cl)ccc(F)c1Cl. The number of nitrogen functional groups attached to an aromatic ring is 1. The van der Waals surface area contributed by atoms with E-state index in [1.807, 2.05) is 12.1 Å². The number of hydrogen-bond acceptors (Lipinski definition) is 6. The lowest BCUT2D eigenvalue weighted by Gasteiger charge is -2.16. The van der Waals surface area contributed by atoms with Crippen LogP contribution in [0, 0.1) is 5.82 Å². The predicted octanol–water partition coefficient (Wildman–Crippen LogP) is 4.37. The Balaban J connectivity index is 1.36. The highest BCUT2D eigenvalue weighted by Crippen LogP contribution is 2.30. The van der Waals surface area contributed by atoms with E-state index >= 15 is 0 Å². The van der Waals surface area contributed by atoms with Crippen LogP contribution in [0.15, 0.2) is 48.7 Å². The number of carbonyl (C=O) groups is 1. The second-order valence-electron chi connectivity index (χ2n) is 8.12. The quantitative estimate of drug-likeness (QED) is 0.429. The van der Waals surface area contributed by atoms with Crippen molar-refractivity contribution in [1.29, 1.82) is 0 Å². The van der Waals surface area contributed by atoms with E-state index in [9.17, 15) is 14.3 Å². The molecule has 0 spiro atoms. The van der Waals surface area contributed by atoms with E-state index in [-0.39, 0.29) is 30.0 Å². The molecule has 1 fully saturated rings. The molecular formula is C25H24Cl2FN3O4. The predicted molar refractivity (Wildman–Crippen MR) is 132 cm³/mol. The molecule has 7 nitrogen and oxygen atoms in total. The van der Waals surface area contributed by atoms with Gasteiger partial charge in [0, 0.05) is 36.3 Å². The van der Waals surface area contributed by atoms with E-state index in [1.165, 1.54) is 12.1 Å². The molecule has 0 bridgehead atoms. The van der Waals surface area contributed by atoms with Crippen LogP contribution >= 0.6 is 23.2 Å². The maximum absolute atomic E-state index is 13.7. The van der Waals surface area contributed by atoms with Crippen molar-refractivity contribution in [2.45, 2.75) is 18.9 Å². The monoisotopic (exact) mass is 519 g/mol. The molecule has 2 aromatic carbocycles. The van der Waals surface area contributed by atoms with Crippen molar-refractivity contribution in [3.63, 3.8) is 0 Å². The number of hydrogen-bond donors (Lipinski definition) is 2. The van der Waals surface area contributed by atoms with Gasteiger partial charge in [-0.05, 0) is 47.9 Å². The van der Waals surface area contributed by atoms with Gasteiger partial charge in [0.2, 0.25) is 0 Å². The number of aliphatic hydroxyl groups excluding tert-OH is 1. The Hall–Kier alpha value is -3.07. The summed E-state index contributed by atoms with van der Waals surface area (Å²) in [5.41, 5.74) is 8.04. The molecule has 3 N–H and O–H groups in total. The fraction of sp³-hybridized carbons (Fsp3) is 0.280. The van der Waals surface area contributed by atoms with Crippen LogP contribution < -0.4 is 15.2 Å². The van der Waals surface area contributed by atoms with Gasteiger partial charge in [0.25, 0.3) is 5.91 Å². The lowest BCUT2D eigenvalue weighted by molar-refractivity contribution is -0.132. The van der Waals surface area contributed by atoms with Gasteiger partial charge < -0.3 is 25.2 Å². The summed E-state index contributed by atoms with van der Waals surface area (Å²) in [6, 6.07) is 11.6. The number of nitrogens with two attached hydrogens (primary N) is 1. The average Bonchev–Trinajstić information content (AvgIpc) is 3.30. The third kappa shape index (κ3) is 6.14. The topological polar surface area (TPSA) is 97.9 Å². The van der Waals surface area contributed by atoms with Crippen molar-refractivity contribution in [2.24, 2.45) is 0 Å². The van der Waals surface area contributed by atoms with Gasteiger partial charge in [0.15, 0.2) is 18.2 Å². The first-order chi connectivity index (χ1) is 16.8. The van der Waals surface area contributed by atoms with Crippen molar-refractivity contribution in [1.82, 2.24) is 9.88 Å². The second kappa shape index (κ2) is 11.1. The number of pyridine rings is 1. The van der Waals surface area contributed by atoms with Crippen LogP contribution in [-0.2, 0) is 11.2 Å². The van der Waals surface area contributed by atoms with Crippen LogP contribution in [0.25, 0.3) is 11.1 Å². The van der Waals surface area contributed by atoms with Crippen LogP contribution in [0.4, 0.5) is 10.2 Å². The van der Waals surface area contributed by atoms with Crippen molar-refractivity contribution < 1.29 is 23.8 Å². The molecule has 0 radical (unpaired) electrons. The first-order valence-electron chi connectivity index (χ1n) is 11.0. The van der Waals surface area contributed by atoms with Gasteiger partial charge in [-0.15, -0.1) is 0 Å². The third-order valence-corrected chi connectivity index (χ3v) is 6.46. The number of amides is 1. The first-order valence-corrected chi connectivity index (χ1v) is 11.8. The Morgan fingerprint density at radius 3 is 2.66 bits per heavy atom. The highest BCUT2D eigenvalue weighted by atomic mass is 35.5. The molecule has 0 aliphatic carbocycles. The number of likely N-dealkylation sites (tertiary alicyclic amines) is 1. The van der Waals surface area contributed by atoms with Crippen LogP contribution in [0.5, 0.6) is 11.5 Å². The van der Waals surface area contributed by atoms with E-state index in [0.29, 0.717) is 48.0 Å². The molecule has 1 aromatic heterocycles. The lowest BCUT2D eigenvalue weighted by Crippen LogP contribution is -2.33. The maximum Gasteiger partial charge on any atom is 0.260 e. The zero-order chi connectivity index (χ0) is 24.9. The molecule has 4 rings (SSSR count). The summed E-state index contributed by atoms with van der Waals surface area (Å²) in [6.45, 7) is 0.969. The number of halogens is 3. The molecule has 1 aliphatic rings. The number of aromatic nitrogens is 1. The van der Waals surface area contributed by atoms with Crippen molar-refractivity contribution in [2.75, 3.05) is 32.0 Å². The number of aliphatic hydroxyl groups is 1. The van der Waals surface area contributed by atoms with Gasteiger partial charge in [-0.3, -0.25) is 4.79 Å². The number of benzene rings is 2. The summed E-state index contributed by atoms with van der Waals surface area (Å²) in [5, 5.41) is 9.90. The minimum Gasteiger partial charge on any atom is -0.489 e. The van der Waals surface area contributed by atoms with Crippen LogP contribution in [-0.4, -0.2) is 53.3 Å². The van der Waals surface area contributed by atoms with E-state index in [2.05, 4.69) is 4.98 Å². The standard InChI is InChI=1S/C25H24Cl2FN3O4/c26-20-5-6-21(28)24(27)19(20)8-10-34-22-11-16(12-30-25(22)29)15-1-3-18(4-2-15)35-14-23(33)31-9-7-17(32)13-31/h1-6,11-12,17,32H,7-10,13-14H2,(H2,29,30). The highest BCUT2D eigenvalue weighted by molar-refractivity contribution is 6.36. The largest absolute Gasteiger partial charge is 0.489 e. The van der Waals surface area contributed by atoms with E-state index < -0.39 is 11.9 Å². The average molecular weight is 520 g/mol. The molecule has 2 heterocycles. The summed E-state index contributed by atoms with van der Waals surface area (Å²) < 4.78 is 25.1. The van der Waals surface area contributed by atoms with E-state index in [4.69, 9.17) is 38.4 Å². The zero-order valence-electron chi connectivity index (χ0n) is 18.7. The first kappa shape index (κ1) is 25.0. The third-order valence-electron chi connectivity index (χ3n) is 5.70. The van der Waals surface area contributed by atoms with E-state index in [1.54, 1.807) is 29.3 Å². The van der Waals surface area contributed by atoms with Crippen molar-refractivity contribution in [3.05, 3.63) is 70.1 Å². The minimum atomic E-state index is -0.541. The Morgan fingerprint density at radius 1 is 1.17 bits per heavy atom. The molecule has 1 aliphatic heterocycles. The Bertz CT molecular complexity index is 1210. The summed E-state index contributed by atoms with van der Waals surface area (Å²) in [5.74, 6) is 0.447. The van der Waals surface area contributed by atoms with Gasteiger partial charge >= 0.3 is 0 Å². The number of anilines is 1. The Morgan fingerprint density at radius 2 is 1.94 bits per heavy atom. The molecule has 184 valence electrons. The zero-order valence-corrected chi connectivity index (χ0v) is 20.2. The molecule has 10 heteroatoms. The van der Waals surface area contributed by atoms with Crippen LogP contribution in [0.2, 0.25) is 10.0 Å². The summed E-state index contributed by atoms with van der Waals surface area (Å²) in [4.78, 5) is 18.0. The van der Waals surface area contributed by atoms with Crippen LogP contribution in [0.1, 0.15) is 12.0 Å². The Labute approximate surface area is 212 Å². The van der Waals surface area contributed by atoms with Gasteiger partial charge in [-0.1, -0.05) is 35.3 Å². The molecule has 1 amide bonds. The van der Waals surface area contributed by atoms with Crippen LogP contribution in [0.3, 0.4) is 0 Å². The molecule has 1 unspecified atom stereocenters. The fourth-order valence-electron chi connectivity index (χ4n) is 3.74. The maximum atomic E-state index is 13.7. The number of nitrogens with zero attached hydrogens (tertiary/aromatic N) is 2. The smallest absolute Gasteiger partial charge is 0.260 e. The number of β-amino-alcohol motifs (C(OH)–C–C–N with tert-alkyl or cyclic N) is 1. The van der Waals surface area contributed by atoms with E-state index in [0.717, 1.165) is 11.1 Å². The molecule has 3 aromatic rings. The summed E-state index contributed by atoms with van der Waals surface area (Å²) in [7, 11) is 0. The van der Waals surface area contributed by atoms with Crippen molar-refractivity contribution in [3.8, 4) is 22.6 Å². The second-order valence-corrected chi connectivity index (χ2v) is 8.91. The molecular weight excluding hydrogens is 496 g/mol. The summed E-state index contributed by atoms with van der Waals surface area (Å²) >= 11 is 12.1. The molecule has 1 atom stereocenters. The normalized spacial score (nSPS) is 15.3. The Kier molecular flexibility index (Phi) is 7.95. The molecule has 0 saturated carbocycles. The highest BCUT2D eigenvalue weighted by Gasteiger charge is 2.24.